The molecule has 30 heavy (non-hydrogen) atoms. The van der Waals surface area contributed by atoms with E-state index >= 15 is 0 Å². The lowest BCUT2D eigenvalue weighted by atomic mass is 10.1. The quantitative estimate of drug-likeness (QED) is 0.721. The number of fused-ring (bicyclic) bond motifs is 1. The highest BCUT2D eigenvalue weighted by molar-refractivity contribution is 7.92. The van der Waals surface area contributed by atoms with Gasteiger partial charge in [-0.1, -0.05) is 11.6 Å². The summed E-state index contributed by atoms with van der Waals surface area (Å²) in [6.45, 7) is 1.63. The molecule has 8 nitrogen and oxygen atoms in total. The normalized spacial score (nSPS) is 16.8. The standard InChI is InChI=1S/C20H23ClN2O6S/c1-12(15-10-14(27-2)6-8-17(15)28-3)22-20(24)19-11-23(30(4,25)26)16-9-13(21)5-7-18(16)29-19/h5-10,12,19H,11H2,1-4H3,(H,22,24)/t12-,19+/m0/s1. The van der Waals surface area contributed by atoms with Crippen molar-refractivity contribution in [3.05, 3.63) is 47.0 Å². The number of ether oxygens (including phenoxy) is 3. The van der Waals surface area contributed by atoms with Gasteiger partial charge in [0.1, 0.15) is 17.2 Å². The van der Waals surface area contributed by atoms with Gasteiger partial charge in [-0.2, -0.15) is 0 Å². The van der Waals surface area contributed by atoms with Crippen molar-refractivity contribution in [2.45, 2.75) is 19.1 Å². The van der Waals surface area contributed by atoms with Crippen LogP contribution in [0.1, 0.15) is 18.5 Å². The Hall–Kier alpha value is -2.65. The van der Waals surface area contributed by atoms with Crippen LogP contribution in [0.2, 0.25) is 5.02 Å². The van der Waals surface area contributed by atoms with Crippen molar-refractivity contribution in [2.24, 2.45) is 0 Å². The first-order valence-electron chi connectivity index (χ1n) is 9.10. The maximum atomic E-state index is 12.9. The second-order valence-electron chi connectivity index (χ2n) is 6.85. The van der Waals surface area contributed by atoms with Gasteiger partial charge in [-0.3, -0.25) is 9.10 Å². The van der Waals surface area contributed by atoms with E-state index in [1.807, 2.05) is 0 Å². The summed E-state index contributed by atoms with van der Waals surface area (Å²) in [6, 6.07) is 9.45. The Morgan fingerprint density at radius 2 is 1.97 bits per heavy atom. The molecule has 1 aliphatic rings. The maximum Gasteiger partial charge on any atom is 0.263 e. The number of nitrogens with zero attached hydrogens (tertiary/aromatic N) is 1. The summed E-state index contributed by atoms with van der Waals surface area (Å²) in [5, 5.41) is 3.23. The molecule has 1 aliphatic heterocycles. The van der Waals surface area contributed by atoms with Gasteiger partial charge in [0.05, 0.1) is 38.7 Å². The largest absolute Gasteiger partial charge is 0.497 e. The van der Waals surface area contributed by atoms with Crippen LogP contribution >= 0.6 is 11.6 Å². The fraction of sp³-hybridized carbons (Fsp3) is 0.350. The van der Waals surface area contributed by atoms with E-state index in [-0.39, 0.29) is 12.3 Å². The van der Waals surface area contributed by atoms with Crippen LogP contribution in [0.4, 0.5) is 5.69 Å². The molecule has 3 rings (SSSR count). The van der Waals surface area contributed by atoms with Crippen LogP contribution in [0.3, 0.4) is 0 Å². The minimum Gasteiger partial charge on any atom is -0.497 e. The van der Waals surface area contributed by atoms with E-state index in [4.69, 9.17) is 25.8 Å². The van der Waals surface area contributed by atoms with Crippen molar-refractivity contribution in [3.8, 4) is 17.2 Å². The van der Waals surface area contributed by atoms with Crippen molar-refractivity contribution in [2.75, 3.05) is 31.3 Å². The fourth-order valence-electron chi connectivity index (χ4n) is 3.24. The Bertz CT molecular complexity index is 1060. The Kier molecular flexibility index (Phi) is 6.33. The average Bonchev–Trinajstić information content (AvgIpc) is 2.71. The molecule has 0 unspecified atom stereocenters. The average molecular weight is 455 g/mol. The third-order valence-corrected chi connectivity index (χ3v) is 6.13. The number of carbonyl (C=O) groups is 1. The zero-order valence-electron chi connectivity index (χ0n) is 17.0. The van der Waals surface area contributed by atoms with Crippen LogP contribution in [-0.2, 0) is 14.8 Å². The number of benzene rings is 2. The van der Waals surface area contributed by atoms with Gasteiger partial charge in [-0.05, 0) is 43.3 Å². The Labute approximate surface area is 180 Å². The third-order valence-electron chi connectivity index (χ3n) is 4.75. The number of rotatable bonds is 6. The summed E-state index contributed by atoms with van der Waals surface area (Å²) < 4.78 is 42.1. The minimum atomic E-state index is -3.64. The minimum absolute atomic E-state index is 0.167. The molecule has 0 radical (unpaired) electrons. The van der Waals surface area contributed by atoms with E-state index in [0.717, 1.165) is 10.6 Å². The van der Waals surface area contributed by atoms with Crippen LogP contribution < -0.4 is 23.8 Å². The van der Waals surface area contributed by atoms with Crippen molar-refractivity contribution in [3.63, 3.8) is 0 Å². The molecule has 0 aromatic heterocycles. The van der Waals surface area contributed by atoms with Gasteiger partial charge in [-0.25, -0.2) is 8.42 Å². The van der Waals surface area contributed by atoms with Crippen LogP contribution in [0.15, 0.2) is 36.4 Å². The highest BCUT2D eigenvalue weighted by atomic mass is 35.5. The summed E-state index contributed by atoms with van der Waals surface area (Å²) in [7, 11) is -0.557. The highest BCUT2D eigenvalue weighted by Gasteiger charge is 2.35. The molecule has 0 saturated heterocycles. The van der Waals surface area contributed by atoms with Crippen LogP contribution in [0.25, 0.3) is 0 Å². The summed E-state index contributed by atoms with van der Waals surface area (Å²) in [6.07, 6.45) is 0.0364. The first-order valence-corrected chi connectivity index (χ1v) is 11.3. The molecular weight excluding hydrogens is 432 g/mol. The molecule has 0 bridgehead atoms. The second-order valence-corrected chi connectivity index (χ2v) is 9.19. The molecule has 1 heterocycles. The molecule has 162 valence electrons. The number of methoxy groups -OCH3 is 2. The highest BCUT2D eigenvalue weighted by Crippen LogP contribution is 2.37. The molecule has 10 heteroatoms. The Balaban J connectivity index is 1.85. The summed E-state index contributed by atoms with van der Waals surface area (Å²) in [5.74, 6) is 1.02. The summed E-state index contributed by atoms with van der Waals surface area (Å²) >= 11 is 6.00. The molecule has 2 aromatic carbocycles. The molecular formula is C20H23ClN2O6S. The van der Waals surface area contributed by atoms with Crippen LogP contribution in [0, 0.1) is 0 Å². The monoisotopic (exact) mass is 454 g/mol. The zero-order valence-corrected chi connectivity index (χ0v) is 18.6. The van der Waals surface area contributed by atoms with Gasteiger partial charge in [0.15, 0.2) is 6.10 Å². The SMILES string of the molecule is COc1ccc(OC)c([C@H](C)NC(=O)[C@H]2CN(S(C)(=O)=O)c3cc(Cl)ccc3O2)c1. The number of halogens is 1. The van der Waals surface area contributed by atoms with E-state index in [1.54, 1.807) is 44.4 Å². The lowest BCUT2D eigenvalue weighted by Crippen LogP contribution is -2.50. The molecule has 0 spiro atoms. The summed E-state index contributed by atoms with van der Waals surface area (Å²) in [5.41, 5.74) is 1.02. The fourth-order valence-corrected chi connectivity index (χ4v) is 4.31. The molecule has 0 aliphatic carbocycles. The molecule has 2 atom stereocenters. The van der Waals surface area contributed by atoms with Crippen molar-refractivity contribution < 1.29 is 27.4 Å². The predicted octanol–water partition coefficient (Wildman–Crippen LogP) is 2.76. The number of hydrogen-bond donors (Lipinski definition) is 1. The van der Waals surface area contributed by atoms with E-state index in [0.29, 0.717) is 27.8 Å². The van der Waals surface area contributed by atoms with Gasteiger partial charge in [0.2, 0.25) is 10.0 Å². The van der Waals surface area contributed by atoms with Crippen LogP contribution in [0.5, 0.6) is 17.2 Å². The third kappa shape index (κ3) is 4.57. The van der Waals surface area contributed by atoms with Crippen molar-refractivity contribution in [1.29, 1.82) is 0 Å². The lowest BCUT2D eigenvalue weighted by molar-refractivity contribution is -0.128. The van der Waals surface area contributed by atoms with Crippen molar-refractivity contribution in [1.82, 2.24) is 5.32 Å². The van der Waals surface area contributed by atoms with E-state index in [1.165, 1.54) is 13.2 Å². The molecule has 1 amide bonds. The Morgan fingerprint density at radius 3 is 2.60 bits per heavy atom. The number of amides is 1. The lowest BCUT2D eigenvalue weighted by Gasteiger charge is -2.34. The smallest absolute Gasteiger partial charge is 0.263 e. The molecule has 2 aromatic rings. The number of anilines is 1. The van der Waals surface area contributed by atoms with Gasteiger partial charge in [0.25, 0.3) is 5.91 Å². The molecule has 0 saturated carbocycles. The first-order chi connectivity index (χ1) is 14.1. The van der Waals surface area contributed by atoms with Crippen LogP contribution in [-0.4, -0.2) is 47.4 Å². The van der Waals surface area contributed by atoms with Gasteiger partial charge < -0.3 is 19.5 Å². The number of hydrogen-bond acceptors (Lipinski definition) is 6. The summed E-state index contributed by atoms with van der Waals surface area (Å²) in [4.78, 5) is 12.9. The van der Waals surface area contributed by atoms with Gasteiger partial charge >= 0.3 is 0 Å². The molecule has 0 fully saturated rings. The second kappa shape index (κ2) is 8.61. The van der Waals surface area contributed by atoms with Crippen molar-refractivity contribution >= 4 is 33.2 Å². The Morgan fingerprint density at radius 1 is 1.23 bits per heavy atom. The topological polar surface area (TPSA) is 94.2 Å². The maximum absolute atomic E-state index is 12.9. The molecule has 1 N–H and O–H groups in total. The van der Waals surface area contributed by atoms with Gasteiger partial charge in [0, 0.05) is 10.6 Å². The van der Waals surface area contributed by atoms with Gasteiger partial charge in [-0.15, -0.1) is 0 Å². The first kappa shape index (κ1) is 22.0. The zero-order chi connectivity index (χ0) is 22.1. The van der Waals surface area contributed by atoms with E-state index in [9.17, 15) is 13.2 Å². The van der Waals surface area contributed by atoms with E-state index < -0.39 is 28.1 Å². The number of carbonyl (C=O) groups excluding carboxylic acids is 1. The number of nitrogens with one attached hydrogen (secondary N) is 1. The number of sulfonamides is 1. The predicted molar refractivity (Wildman–Crippen MR) is 114 cm³/mol. The van der Waals surface area contributed by atoms with E-state index in [2.05, 4.69) is 5.32 Å².